The van der Waals surface area contributed by atoms with E-state index in [0.717, 1.165) is 65.2 Å². The molecule has 4 aromatic rings. The highest BCUT2D eigenvalue weighted by Gasteiger charge is 2.35. The average Bonchev–Trinajstić information content (AvgIpc) is 3.65. The van der Waals surface area contributed by atoms with E-state index < -0.39 is 0 Å². The standard InChI is InChI=1S/C24H22BN2O.C14H17N.C5H12/c1-15-5-7-19-18-8-6-16-14-27-12-9-17(24(25)10-3-2-4-11-24)13-20(27)21(16)22(18)28-23(19)26-15;1-4-8-13-9-6-7-10-14(13)12(3)15-11-5-2;1-4-5(2)3/h5-9,12-13H,2-4,10-11,14H2,1H3;5-7,10-11,13H,9H2,1-3H3;5H,4H2,1-3H3/q+1;;/b;11-5-,15-12?;. The minimum absolute atomic E-state index is 0.197. The maximum absolute atomic E-state index is 6.84. The molecule has 2 aliphatic carbocycles. The Kier molecular flexibility index (Phi) is 11.6. The van der Waals surface area contributed by atoms with E-state index in [4.69, 9.17) is 12.3 Å². The van der Waals surface area contributed by atoms with Crippen LogP contribution in [0.1, 0.15) is 103 Å². The molecule has 1 aromatic carbocycles. The second-order valence-corrected chi connectivity index (χ2v) is 13.8. The van der Waals surface area contributed by atoms with E-state index >= 15 is 0 Å². The largest absolute Gasteiger partial charge is 0.437 e. The number of aliphatic imine (C=N–C) groups is 1. The van der Waals surface area contributed by atoms with Gasteiger partial charge >= 0.3 is 0 Å². The summed E-state index contributed by atoms with van der Waals surface area (Å²) < 4.78 is 8.60. The molecule has 3 aromatic heterocycles. The van der Waals surface area contributed by atoms with Crippen LogP contribution >= 0.6 is 0 Å². The molecule has 0 N–H and O–H groups in total. The highest BCUT2D eigenvalue weighted by molar-refractivity contribution is 6.16. The van der Waals surface area contributed by atoms with E-state index in [-0.39, 0.29) is 5.31 Å². The van der Waals surface area contributed by atoms with Crippen LogP contribution < -0.4 is 4.57 Å². The van der Waals surface area contributed by atoms with Gasteiger partial charge in [0.1, 0.15) is 0 Å². The van der Waals surface area contributed by atoms with Gasteiger partial charge in [0, 0.05) is 46.1 Å². The quantitative estimate of drug-likeness (QED) is 0.0853. The van der Waals surface area contributed by atoms with Crippen molar-refractivity contribution in [1.29, 1.82) is 0 Å². The lowest BCUT2D eigenvalue weighted by atomic mass is 9.57. The van der Waals surface area contributed by atoms with Crippen LogP contribution in [-0.4, -0.2) is 18.5 Å². The summed E-state index contributed by atoms with van der Waals surface area (Å²) in [7, 11) is 6.84. The van der Waals surface area contributed by atoms with Crippen molar-refractivity contribution in [1.82, 2.24) is 4.98 Å². The smallest absolute Gasteiger partial charge is 0.227 e. The normalized spacial score (nSPS) is 18.0. The third-order valence-corrected chi connectivity index (χ3v) is 9.81. The highest BCUT2D eigenvalue weighted by Crippen LogP contribution is 2.42. The predicted molar refractivity (Wildman–Crippen MR) is 203 cm³/mol. The SMILES string of the molecule is CC#CC1CC=CC=C1C(C)=N/C=C\C.CCC(C)C.[B]C1(c2cc[n+]3c(c2)-c2c(ccc4c2oc2nc(C)ccc24)C3)CCCCC1. The van der Waals surface area contributed by atoms with Gasteiger partial charge in [-0.3, -0.25) is 4.99 Å². The lowest BCUT2D eigenvalue weighted by molar-refractivity contribution is -0.672. The van der Waals surface area contributed by atoms with E-state index in [1.54, 1.807) is 0 Å². The molecule has 0 bridgehead atoms. The van der Waals surface area contributed by atoms with Gasteiger partial charge in [-0.15, -0.1) is 5.92 Å². The Labute approximate surface area is 289 Å². The van der Waals surface area contributed by atoms with Crippen LogP contribution in [0.15, 0.2) is 88.1 Å². The van der Waals surface area contributed by atoms with Crippen LogP contribution in [0.3, 0.4) is 0 Å². The van der Waals surface area contributed by atoms with Gasteiger partial charge in [0.25, 0.3) is 0 Å². The van der Waals surface area contributed by atoms with Crippen molar-refractivity contribution in [2.75, 3.05) is 0 Å². The number of allylic oxidation sites excluding steroid dienone is 5. The Hall–Kier alpha value is -4.17. The zero-order valence-electron chi connectivity index (χ0n) is 30.1. The summed E-state index contributed by atoms with van der Waals surface area (Å²) in [5, 5.41) is 2.03. The molecule has 1 saturated carbocycles. The first-order chi connectivity index (χ1) is 23.2. The Balaban J connectivity index is 0.000000190. The van der Waals surface area contributed by atoms with Crippen molar-refractivity contribution in [2.45, 2.75) is 105 Å². The molecule has 1 unspecified atom stereocenters. The number of rotatable bonds is 4. The van der Waals surface area contributed by atoms with Crippen molar-refractivity contribution >= 4 is 35.6 Å². The minimum atomic E-state index is -0.197. The lowest BCUT2D eigenvalue weighted by Gasteiger charge is -2.34. The van der Waals surface area contributed by atoms with E-state index in [0.29, 0.717) is 5.92 Å². The number of nitrogens with zero attached hydrogens (tertiary/aromatic N) is 3. The Morgan fingerprint density at radius 3 is 2.60 bits per heavy atom. The summed E-state index contributed by atoms with van der Waals surface area (Å²) in [4.78, 5) is 8.97. The zero-order valence-corrected chi connectivity index (χ0v) is 30.1. The first-order valence-corrected chi connectivity index (χ1v) is 17.8. The van der Waals surface area contributed by atoms with Gasteiger partial charge in [0.15, 0.2) is 18.3 Å². The number of benzene rings is 1. The molecule has 0 saturated heterocycles. The molecule has 1 fully saturated rings. The maximum Gasteiger partial charge on any atom is 0.227 e. The highest BCUT2D eigenvalue weighted by atomic mass is 16.3. The van der Waals surface area contributed by atoms with Gasteiger partial charge in [0.05, 0.1) is 19.3 Å². The summed E-state index contributed by atoms with van der Waals surface area (Å²) in [5.74, 6) is 7.40. The van der Waals surface area contributed by atoms with Gasteiger partial charge < -0.3 is 4.42 Å². The molecule has 7 rings (SSSR count). The Bertz CT molecular complexity index is 1940. The van der Waals surface area contributed by atoms with Crippen LogP contribution in [0.5, 0.6) is 0 Å². The third kappa shape index (κ3) is 7.76. The maximum atomic E-state index is 6.84. The van der Waals surface area contributed by atoms with Crippen molar-refractivity contribution < 1.29 is 8.98 Å². The fraction of sp³-hybridized carbons (Fsp3) is 0.419. The monoisotopic (exact) mass is 636 g/mol. The van der Waals surface area contributed by atoms with Crippen molar-refractivity contribution in [3.05, 3.63) is 95.5 Å². The van der Waals surface area contributed by atoms with Crippen LogP contribution in [-0.2, 0) is 11.9 Å². The van der Waals surface area contributed by atoms with Gasteiger partial charge in [-0.1, -0.05) is 95.6 Å². The molecule has 0 spiro atoms. The molecule has 48 heavy (non-hydrogen) atoms. The van der Waals surface area contributed by atoms with Crippen LogP contribution in [0, 0.1) is 30.6 Å². The fourth-order valence-electron chi connectivity index (χ4n) is 6.69. The number of aromatic nitrogens is 2. The summed E-state index contributed by atoms with van der Waals surface area (Å²) in [6, 6.07) is 13.1. The molecular formula is C43H51BN3O+. The fourth-order valence-corrected chi connectivity index (χ4v) is 6.69. The number of furan rings is 1. The van der Waals surface area contributed by atoms with Crippen molar-refractivity contribution in [2.24, 2.45) is 16.8 Å². The topological polar surface area (TPSA) is 42.3 Å². The molecule has 4 heterocycles. The van der Waals surface area contributed by atoms with Crippen molar-refractivity contribution in [3.63, 3.8) is 0 Å². The first kappa shape index (κ1) is 35.2. The number of hydrogen-bond acceptors (Lipinski definition) is 3. The second kappa shape index (κ2) is 15.8. The number of aryl methyl sites for hydroxylation is 1. The predicted octanol–water partition coefficient (Wildman–Crippen LogP) is 10.5. The van der Waals surface area contributed by atoms with Crippen molar-refractivity contribution in [3.8, 4) is 23.1 Å². The second-order valence-electron chi connectivity index (χ2n) is 13.8. The molecule has 1 aliphatic heterocycles. The van der Waals surface area contributed by atoms with E-state index in [9.17, 15) is 0 Å². The molecule has 0 amide bonds. The number of pyridine rings is 2. The third-order valence-electron chi connectivity index (χ3n) is 9.81. The van der Waals surface area contributed by atoms with Gasteiger partial charge in [-0.05, 0) is 74.7 Å². The van der Waals surface area contributed by atoms with Crippen LogP contribution in [0.4, 0.5) is 0 Å². The summed E-state index contributed by atoms with van der Waals surface area (Å²) >= 11 is 0. The van der Waals surface area contributed by atoms with E-state index in [1.807, 2.05) is 46.0 Å². The number of fused-ring (bicyclic) bond motifs is 7. The van der Waals surface area contributed by atoms with E-state index in [2.05, 4.69) is 102 Å². The molecule has 4 nitrogen and oxygen atoms in total. The molecule has 3 aliphatic rings. The molecule has 246 valence electrons. The summed E-state index contributed by atoms with van der Waals surface area (Å²) in [6.07, 6.45) is 20.5. The Morgan fingerprint density at radius 2 is 1.90 bits per heavy atom. The first-order valence-electron chi connectivity index (χ1n) is 17.8. The van der Waals surface area contributed by atoms with Crippen LogP contribution in [0.25, 0.3) is 33.3 Å². The molecule has 5 heteroatoms. The average molecular weight is 637 g/mol. The summed E-state index contributed by atoms with van der Waals surface area (Å²) in [6.45, 7) is 15.4. The molecular weight excluding hydrogens is 585 g/mol. The molecule has 2 radical (unpaired) electrons. The zero-order chi connectivity index (χ0) is 34.3. The lowest BCUT2D eigenvalue weighted by Crippen LogP contribution is -2.35. The minimum Gasteiger partial charge on any atom is -0.437 e. The van der Waals surface area contributed by atoms with Gasteiger partial charge in [-0.25, -0.2) is 4.98 Å². The van der Waals surface area contributed by atoms with Crippen LogP contribution in [0.2, 0.25) is 0 Å². The van der Waals surface area contributed by atoms with Gasteiger partial charge in [0.2, 0.25) is 11.4 Å². The molecule has 1 atom stereocenters. The van der Waals surface area contributed by atoms with E-state index in [1.165, 1.54) is 53.6 Å². The Morgan fingerprint density at radius 1 is 1.15 bits per heavy atom. The summed E-state index contributed by atoms with van der Waals surface area (Å²) in [5.41, 5.74) is 9.92. The van der Waals surface area contributed by atoms with Gasteiger partial charge in [-0.2, -0.15) is 4.57 Å². The number of hydrogen-bond donors (Lipinski definition) is 0.